The van der Waals surface area contributed by atoms with E-state index in [1.54, 1.807) is 13.3 Å². The number of amides is 1. The number of imidazole rings is 1. The molecule has 1 unspecified atom stereocenters. The van der Waals surface area contributed by atoms with Gasteiger partial charge in [-0.3, -0.25) is 4.79 Å². The Kier molecular flexibility index (Phi) is 4.70. The van der Waals surface area contributed by atoms with Gasteiger partial charge in [0.25, 0.3) is 5.91 Å². The maximum atomic E-state index is 12.2. The average molecular weight is 277 g/mol. The number of carbonyl (C=O) groups is 1. The lowest BCUT2D eigenvalue weighted by Gasteiger charge is -2.15. The van der Waals surface area contributed by atoms with E-state index in [1.807, 2.05) is 29.5 Å². The number of aryl methyl sites for hydroxylation is 1. The molecular formula is C14H19N3O3. The van der Waals surface area contributed by atoms with Crippen LogP contribution in [0, 0.1) is 6.92 Å². The molecule has 0 radical (unpaired) electrons. The molecule has 1 amide bonds. The molecule has 0 spiro atoms. The fourth-order valence-electron chi connectivity index (χ4n) is 2.07. The van der Waals surface area contributed by atoms with Crippen molar-refractivity contribution in [2.75, 3.05) is 20.3 Å². The number of aliphatic hydroxyl groups excluding tert-OH is 1. The molecule has 0 saturated carbocycles. The van der Waals surface area contributed by atoms with Gasteiger partial charge in [0, 0.05) is 25.6 Å². The van der Waals surface area contributed by atoms with Gasteiger partial charge in [-0.1, -0.05) is 6.07 Å². The predicted octanol–water partition coefficient (Wildman–Crippen LogP) is 0.770. The van der Waals surface area contributed by atoms with Crippen LogP contribution in [0.1, 0.15) is 22.6 Å². The zero-order valence-electron chi connectivity index (χ0n) is 11.7. The molecule has 2 aromatic rings. The van der Waals surface area contributed by atoms with Gasteiger partial charge in [0.05, 0.1) is 12.6 Å². The minimum absolute atomic E-state index is 0.00141. The Balaban J connectivity index is 2.16. The zero-order valence-corrected chi connectivity index (χ0v) is 11.7. The van der Waals surface area contributed by atoms with Gasteiger partial charge >= 0.3 is 0 Å². The molecule has 108 valence electrons. The van der Waals surface area contributed by atoms with Gasteiger partial charge in [-0.25, -0.2) is 4.98 Å². The molecule has 0 aliphatic heterocycles. The van der Waals surface area contributed by atoms with Crippen LogP contribution in [-0.2, 0) is 4.74 Å². The summed E-state index contributed by atoms with van der Waals surface area (Å²) < 4.78 is 6.89. The fraction of sp³-hybridized carbons (Fsp3) is 0.429. The van der Waals surface area contributed by atoms with Crippen molar-refractivity contribution in [2.45, 2.75) is 19.4 Å². The number of aliphatic hydroxyl groups is 1. The molecule has 2 rings (SSSR count). The van der Waals surface area contributed by atoms with Crippen molar-refractivity contribution in [1.82, 2.24) is 14.7 Å². The Hall–Kier alpha value is -1.92. The van der Waals surface area contributed by atoms with Crippen LogP contribution in [0.4, 0.5) is 0 Å². The van der Waals surface area contributed by atoms with E-state index in [1.165, 1.54) is 0 Å². The second kappa shape index (κ2) is 6.49. The van der Waals surface area contributed by atoms with Gasteiger partial charge in [0.1, 0.15) is 11.3 Å². The lowest BCUT2D eigenvalue weighted by atomic mass is 10.2. The molecule has 2 heterocycles. The number of ether oxygens (including phenoxy) is 1. The first-order chi connectivity index (χ1) is 9.65. The Morgan fingerprint density at radius 2 is 2.35 bits per heavy atom. The Morgan fingerprint density at radius 1 is 1.55 bits per heavy atom. The molecule has 20 heavy (non-hydrogen) atoms. The van der Waals surface area contributed by atoms with Crippen LogP contribution >= 0.6 is 0 Å². The monoisotopic (exact) mass is 277 g/mol. The normalized spacial score (nSPS) is 12.6. The summed E-state index contributed by atoms with van der Waals surface area (Å²) in [5.41, 5.74) is 2.11. The highest BCUT2D eigenvalue weighted by molar-refractivity contribution is 5.93. The highest BCUT2D eigenvalue weighted by Crippen LogP contribution is 2.08. The first-order valence-electron chi connectivity index (χ1n) is 6.51. The minimum Gasteiger partial charge on any atom is -0.396 e. The van der Waals surface area contributed by atoms with Crippen LogP contribution in [0.15, 0.2) is 24.4 Å². The van der Waals surface area contributed by atoms with Crippen LogP contribution in [0.3, 0.4) is 0 Å². The maximum absolute atomic E-state index is 12.2. The van der Waals surface area contributed by atoms with Crippen LogP contribution in [0.2, 0.25) is 0 Å². The summed E-state index contributed by atoms with van der Waals surface area (Å²) in [6.45, 7) is 2.31. The number of nitrogens with zero attached hydrogens (tertiary/aromatic N) is 2. The Bertz CT molecular complexity index is 588. The molecule has 2 N–H and O–H groups in total. The molecule has 2 aromatic heterocycles. The third-order valence-electron chi connectivity index (χ3n) is 3.11. The van der Waals surface area contributed by atoms with Crippen LogP contribution in [-0.4, -0.2) is 46.8 Å². The molecule has 0 saturated heterocycles. The predicted molar refractivity (Wildman–Crippen MR) is 74.8 cm³/mol. The first kappa shape index (κ1) is 14.5. The van der Waals surface area contributed by atoms with Gasteiger partial charge in [0.15, 0.2) is 0 Å². The standard InChI is InChI=1S/C14H19N3O3/c1-10-4-3-5-13-16-12(8-17(10)13)14(19)15-11(6-7-18)9-20-2/h3-5,8,11,18H,6-7,9H2,1-2H3,(H,15,19). The van der Waals surface area contributed by atoms with Crippen molar-refractivity contribution >= 4 is 11.6 Å². The molecular weight excluding hydrogens is 258 g/mol. The van der Waals surface area contributed by atoms with Crippen molar-refractivity contribution in [2.24, 2.45) is 0 Å². The summed E-state index contributed by atoms with van der Waals surface area (Å²) >= 11 is 0. The van der Waals surface area contributed by atoms with E-state index in [4.69, 9.17) is 9.84 Å². The Morgan fingerprint density at radius 3 is 3.00 bits per heavy atom. The second-order valence-corrected chi connectivity index (χ2v) is 4.66. The average Bonchev–Trinajstić information content (AvgIpc) is 2.85. The summed E-state index contributed by atoms with van der Waals surface area (Å²) in [7, 11) is 1.56. The molecule has 6 heteroatoms. The number of nitrogens with one attached hydrogen (secondary N) is 1. The fourth-order valence-corrected chi connectivity index (χ4v) is 2.07. The summed E-state index contributed by atoms with van der Waals surface area (Å²) in [5, 5.41) is 11.8. The molecule has 0 fully saturated rings. The van der Waals surface area contributed by atoms with E-state index in [2.05, 4.69) is 10.3 Å². The molecule has 0 aliphatic rings. The topological polar surface area (TPSA) is 75.9 Å². The Labute approximate surface area is 117 Å². The van der Waals surface area contributed by atoms with E-state index < -0.39 is 0 Å². The van der Waals surface area contributed by atoms with Gasteiger partial charge < -0.3 is 19.6 Å². The molecule has 0 aromatic carbocycles. The highest BCUT2D eigenvalue weighted by Gasteiger charge is 2.16. The molecule has 0 aliphatic carbocycles. The van der Waals surface area contributed by atoms with E-state index in [9.17, 15) is 4.79 Å². The summed E-state index contributed by atoms with van der Waals surface area (Å²) in [6.07, 6.45) is 2.16. The van der Waals surface area contributed by atoms with E-state index >= 15 is 0 Å². The number of carbonyl (C=O) groups excluding carboxylic acids is 1. The van der Waals surface area contributed by atoms with Gasteiger partial charge in [-0.15, -0.1) is 0 Å². The zero-order chi connectivity index (χ0) is 14.5. The minimum atomic E-state index is -0.261. The lowest BCUT2D eigenvalue weighted by Crippen LogP contribution is -2.38. The van der Waals surface area contributed by atoms with E-state index in [-0.39, 0.29) is 18.6 Å². The third-order valence-corrected chi connectivity index (χ3v) is 3.11. The van der Waals surface area contributed by atoms with E-state index in [0.29, 0.717) is 18.7 Å². The maximum Gasteiger partial charge on any atom is 0.271 e. The molecule has 0 bridgehead atoms. The smallest absolute Gasteiger partial charge is 0.271 e. The van der Waals surface area contributed by atoms with Crippen molar-refractivity contribution < 1.29 is 14.6 Å². The van der Waals surface area contributed by atoms with Crippen LogP contribution < -0.4 is 5.32 Å². The SMILES string of the molecule is COCC(CCO)NC(=O)c1cn2c(C)cccc2n1. The second-order valence-electron chi connectivity index (χ2n) is 4.66. The van der Waals surface area contributed by atoms with Crippen molar-refractivity contribution in [3.8, 4) is 0 Å². The number of hydrogen-bond donors (Lipinski definition) is 2. The third kappa shape index (κ3) is 3.15. The largest absolute Gasteiger partial charge is 0.396 e. The highest BCUT2D eigenvalue weighted by atomic mass is 16.5. The van der Waals surface area contributed by atoms with E-state index in [0.717, 1.165) is 11.3 Å². The number of pyridine rings is 1. The number of methoxy groups -OCH3 is 1. The first-order valence-corrected chi connectivity index (χ1v) is 6.51. The number of hydrogen-bond acceptors (Lipinski definition) is 4. The number of aromatic nitrogens is 2. The van der Waals surface area contributed by atoms with Crippen LogP contribution in [0.5, 0.6) is 0 Å². The summed E-state index contributed by atoms with van der Waals surface area (Å²) in [4.78, 5) is 16.5. The van der Waals surface area contributed by atoms with Gasteiger partial charge in [-0.05, 0) is 25.5 Å². The summed E-state index contributed by atoms with van der Waals surface area (Å²) in [5.74, 6) is -0.261. The quantitative estimate of drug-likeness (QED) is 0.817. The van der Waals surface area contributed by atoms with Crippen molar-refractivity contribution in [3.63, 3.8) is 0 Å². The molecule has 1 atom stereocenters. The lowest BCUT2D eigenvalue weighted by molar-refractivity contribution is 0.0874. The van der Waals surface area contributed by atoms with Gasteiger partial charge in [-0.2, -0.15) is 0 Å². The van der Waals surface area contributed by atoms with Gasteiger partial charge in [0.2, 0.25) is 0 Å². The number of rotatable bonds is 6. The number of fused-ring (bicyclic) bond motifs is 1. The van der Waals surface area contributed by atoms with Crippen LogP contribution in [0.25, 0.3) is 5.65 Å². The molecule has 6 nitrogen and oxygen atoms in total. The summed E-state index contributed by atoms with van der Waals surface area (Å²) in [6, 6.07) is 5.49. The van der Waals surface area contributed by atoms with Crippen molar-refractivity contribution in [1.29, 1.82) is 0 Å². The van der Waals surface area contributed by atoms with Crippen molar-refractivity contribution in [3.05, 3.63) is 35.8 Å².